The monoisotopic (exact) mass is 267 g/mol. The number of rotatable bonds is 7. The number of hydrogen-bond donors (Lipinski definition) is 1. The van der Waals surface area contributed by atoms with E-state index < -0.39 is 5.97 Å². The van der Waals surface area contributed by atoms with Gasteiger partial charge in [-0.2, -0.15) is 0 Å². The Morgan fingerprint density at radius 1 is 1.32 bits per heavy atom. The molecule has 0 saturated heterocycles. The minimum Gasteiger partial charge on any atom is -0.481 e. The van der Waals surface area contributed by atoms with Gasteiger partial charge in [0.15, 0.2) is 0 Å². The highest BCUT2D eigenvalue weighted by Crippen LogP contribution is 2.16. The largest absolute Gasteiger partial charge is 0.481 e. The summed E-state index contributed by atoms with van der Waals surface area (Å²) in [5, 5.41) is 8.73. The van der Waals surface area contributed by atoms with Crippen LogP contribution in [0.25, 0.3) is 0 Å². The van der Waals surface area contributed by atoms with E-state index in [4.69, 9.17) is 5.11 Å². The third-order valence-electron chi connectivity index (χ3n) is 3.37. The molecule has 0 aliphatic rings. The van der Waals surface area contributed by atoms with E-state index in [9.17, 15) is 9.18 Å². The lowest BCUT2D eigenvalue weighted by Gasteiger charge is -2.31. The molecule has 1 rings (SSSR count). The van der Waals surface area contributed by atoms with E-state index in [0.717, 1.165) is 12.0 Å². The van der Waals surface area contributed by atoms with Crippen molar-refractivity contribution >= 4 is 5.97 Å². The van der Waals surface area contributed by atoms with Crippen molar-refractivity contribution in [3.05, 3.63) is 35.6 Å². The van der Waals surface area contributed by atoms with E-state index in [1.54, 1.807) is 12.1 Å². The number of halogens is 1. The van der Waals surface area contributed by atoms with Crippen LogP contribution in [-0.2, 0) is 11.2 Å². The van der Waals surface area contributed by atoms with Crippen molar-refractivity contribution in [2.24, 2.45) is 5.92 Å². The molecule has 3 nitrogen and oxygen atoms in total. The smallest absolute Gasteiger partial charge is 0.304 e. The van der Waals surface area contributed by atoms with Crippen LogP contribution < -0.4 is 0 Å². The fraction of sp³-hybridized carbons (Fsp3) is 0.533. The van der Waals surface area contributed by atoms with E-state index in [2.05, 4.69) is 18.7 Å². The highest BCUT2D eigenvalue weighted by molar-refractivity contribution is 5.66. The lowest BCUT2D eigenvalue weighted by molar-refractivity contribution is -0.137. The quantitative estimate of drug-likeness (QED) is 0.826. The Morgan fingerprint density at radius 2 is 1.89 bits per heavy atom. The molecule has 0 aliphatic carbocycles. The van der Waals surface area contributed by atoms with Gasteiger partial charge in [-0.05, 0) is 37.1 Å². The second-order valence-electron chi connectivity index (χ2n) is 5.27. The van der Waals surface area contributed by atoms with Gasteiger partial charge in [-0.25, -0.2) is 4.39 Å². The van der Waals surface area contributed by atoms with Crippen LogP contribution in [0.3, 0.4) is 0 Å². The molecule has 1 unspecified atom stereocenters. The minimum atomic E-state index is -0.781. The highest BCUT2D eigenvalue weighted by Gasteiger charge is 2.19. The first-order valence-corrected chi connectivity index (χ1v) is 6.56. The molecule has 0 spiro atoms. The standard InChI is InChI=1S/C15H22FNO2/c1-11(2)14(17(3)9-8-15(18)19)10-12-4-6-13(16)7-5-12/h4-7,11,14H,8-10H2,1-3H3,(H,18,19). The summed E-state index contributed by atoms with van der Waals surface area (Å²) in [7, 11) is 1.94. The number of hydrogen-bond acceptors (Lipinski definition) is 2. The van der Waals surface area contributed by atoms with Gasteiger partial charge < -0.3 is 10.0 Å². The van der Waals surface area contributed by atoms with Crippen LogP contribution in [0.4, 0.5) is 4.39 Å². The van der Waals surface area contributed by atoms with Gasteiger partial charge in [-0.15, -0.1) is 0 Å². The third kappa shape index (κ3) is 5.39. The number of nitrogens with zero attached hydrogens (tertiary/aromatic N) is 1. The van der Waals surface area contributed by atoms with Crippen LogP contribution in [0, 0.1) is 11.7 Å². The summed E-state index contributed by atoms with van der Waals surface area (Å²) in [5.41, 5.74) is 1.07. The van der Waals surface area contributed by atoms with Crippen molar-refractivity contribution < 1.29 is 14.3 Å². The van der Waals surface area contributed by atoms with Gasteiger partial charge in [-0.3, -0.25) is 4.79 Å². The Kier molecular flexibility index (Phi) is 5.96. The van der Waals surface area contributed by atoms with Gasteiger partial charge in [0.25, 0.3) is 0 Å². The van der Waals surface area contributed by atoms with Crippen molar-refractivity contribution in [2.45, 2.75) is 32.7 Å². The molecule has 106 valence electrons. The Morgan fingerprint density at radius 3 is 2.37 bits per heavy atom. The summed E-state index contributed by atoms with van der Waals surface area (Å²) in [6.07, 6.45) is 0.942. The molecule has 0 fully saturated rings. The van der Waals surface area contributed by atoms with Crippen LogP contribution in [0.15, 0.2) is 24.3 Å². The van der Waals surface area contributed by atoms with Gasteiger partial charge in [0.1, 0.15) is 5.82 Å². The number of carbonyl (C=O) groups is 1. The topological polar surface area (TPSA) is 40.5 Å². The molecule has 0 radical (unpaired) electrons. The third-order valence-corrected chi connectivity index (χ3v) is 3.37. The number of carboxylic acids is 1. The number of benzene rings is 1. The Labute approximate surface area is 114 Å². The van der Waals surface area contributed by atoms with Crippen LogP contribution >= 0.6 is 0 Å². The van der Waals surface area contributed by atoms with Crippen molar-refractivity contribution in [2.75, 3.05) is 13.6 Å². The van der Waals surface area contributed by atoms with Gasteiger partial charge in [0, 0.05) is 12.6 Å². The number of aliphatic carboxylic acids is 1. The first-order chi connectivity index (χ1) is 8.90. The second-order valence-corrected chi connectivity index (χ2v) is 5.27. The summed E-state index contributed by atoms with van der Waals surface area (Å²) in [5.74, 6) is -0.607. The molecule has 19 heavy (non-hydrogen) atoms. The first kappa shape index (κ1) is 15.6. The lowest BCUT2D eigenvalue weighted by Crippen LogP contribution is -2.39. The molecular formula is C15H22FNO2. The normalized spacial score (nSPS) is 12.9. The minimum absolute atomic E-state index is 0.142. The fourth-order valence-electron chi connectivity index (χ4n) is 2.20. The molecule has 0 amide bonds. The Balaban J connectivity index is 2.66. The van der Waals surface area contributed by atoms with E-state index in [1.807, 2.05) is 7.05 Å². The molecule has 1 aromatic rings. The zero-order valence-electron chi connectivity index (χ0n) is 11.8. The predicted octanol–water partition coefficient (Wildman–Crippen LogP) is 2.80. The molecular weight excluding hydrogens is 245 g/mol. The maximum absolute atomic E-state index is 12.9. The number of carboxylic acid groups (broad SMARTS) is 1. The molecule has 0 aliphatic heterocycles. The molecule has 1 N–H and O–H groups in total. The van der Waals surface area contributed by atoms with Gasteiger partial charge in [0.05, 0.1) is 6.42 Å². The van der Waals surface area contributed by atoms with Crippen molar-refractivity contribution in [3.63, 3.8) is 0 Å². The van der Waals surface area contributed by atoms with Crippen molar-refractivity contribution in [1.29, 1.82) is 0 Å². The Hall–Kier alpha value is -1.42. The van der Waals surface area contributed by atoms with Gasteiger partial charge in [-0.1, -0.05) is 26.0 Å². The van der Waals surface area contributed by atoms with Crippen molar-refractivity contribution in [1.82, 2.24) is 4.90 Å². The van der Waals surface area contributed by atoms with E-state index >= 15 is 0 Å². The summed E-state index contributed by atoms with van der Waals surface area (Å²) >= 11 is 0. The van der Waals surface area contributed by atoms with Gasteiger partial charge in [0.2, 0.25) is 0 Å². The van der Waals surface area contributed by atoms with E-state index in [1.165, 1.54) is 12.1 Å². The maximum atomic E-state index is 12.9. The molecule has 1 atom stereocenters. The molecule has 0 aromatic heterocycles. The van der Waals surface area contributed by atoms with Crippen LogP contribution in [0.1, 0.15) is 25.8 Å². The molecule has 0 saturated carbocycles. The molecule has 0 heterocycles. The second kappa shape index (κ2) is 7.24. The van der Waals surface area contributed by atoms with Crippen LogP contribution in [0.5, 0.6) is 0 Å². The van der Waals surface area contributed by atoms with Crippen molar-refractivity contribution in [3.8, 4) is 0 Å². The average molecular weight is 267 g/mol. The summed E-state index contributed by atoms with van der Waals surface area (Å²) in [6.45, 7) is 4.76. The SMILES string of the molecule is CC(C)C(Cc1ccc(F)cc1)N(C)CCC(=O)O. The Bertz CT molecular complexity index is 403. The average Bonchev–Trinajstić information content (AvgIpc) is 2.34. The summed E-state index contributed by atoms with van der Waals surface area (Å²) in [4.78, 5) is 12.7. The van der Waals surface area contributed by atoms with Gasteiger partial charge >= 0.3 is 5.97 Å². The summed E-state index contributed by atoms with van der Waals surface area (Å²) in [6, 6.07) is 6.75. The molecule has 0 bridgehead atoms. The first-order valence-electron chi connectivity index (χ1n) is 6.56. The highest BCUT2D eigenvalue weighted by atomic mass is 19.1. The predicted molar refractivity (Wildman–Crippen MR) is 73.6 cm³/mol. The van der Waals surface area contributed by atoms with E-state index in [-0.39, 0.29) is 18.3 Å². The lowest BCUT2D eigenvalue weighted by atomic mass is 9.95. The van der Waals surface area contributed by atoms with Crippen LogP contribution in [0.2, 0.25) is 0 Å². The zero-order valence-corrected chi connectivity index (χ0v) is 11.8. The molecule has 1 aromatic carbocycles. The fourth-order valence-corrected chi connectivity index (χ4v) is 2.20. The number of likely N-dealkylation sites (N-methyl/N-ethyl adjacent to an activating group) is 1. The zero-order chi connectivity index (χ0) is 14.4. The summed E-state index contributed by atoms with van der Waals surface area (Å²) < 4.78 is 12.9. The van der Waals surface area contributed by atoms with Crippen LogP contribution in [-0.4, -0.2) is 35.6 Å². The maximum Gasteiger partial charge on any atom is 0.304 e. The molecule has 4 heteroatoms. The van der Waals surface area contributed by atoms with E-state index in [0.29, 0.717) is 12.5 Å².